The Morgan fingerprint density at radius 3 is 2.88 bits per heavy atom. The highest BCUT2D eigenvalue weighted by Crippen LogP contribution is 2.44. The van der Waals surface area contributed by atoms with E-state index >= 15 is 0 Å². The summed E-state index contributed by atoms with van der Waals surface area (Å²) in [5.74, 6) is 2.04. The zero-order valence-electron chi connectivity index (χ0n) is 18.8. The van der Waals surface area contributed by atoms with Crippen LogP contribution in [0.3, 0.4) is 0 Å². The van der Waals surface area contributed by atoms with E-state index in [1.54, 1.807) is 12.1 Å². The fourth-order valence-corrected chi connectivity index (χ4v) is 5.03. The molecular weight excluding hydrogens is 423 g/mol. The molecule has 172 valence electrons. The largest absolute Gasteiger partial charge is 0.472 e. The molecule has 1 aliphatic carbocycles. The van der Waals surface area contributed by atoms with E-state index in [2.05, 4.69) is 30.3 Å². The molecule has 0 amide bonds. The molecule has 2 aliphatic heterocycles. The minimum Gasteiger partial charge on any atom is -0.472 e. The minimum absolute atomic E-state index is 0.0259. The highest BCUT2D eigenvalue weighted by molar-refractivity contribution is 5.61. The fourth-order valence-electron chi connectivity index (χ4n) is 5.03. The molecule has 3 atom stereocenters. The molecule has 2 bridgehead atoms. The molecule has 4 heterocycles. The van der Waals surface area contributed by atoms with Crippen LogP contribution in [0, 0.1) is 12.7 Å². The van der Waals surface area contributed by atoms with E-state index in [4.69, 9.17) is 9.26 Å². The number of nitrogens with one attached hydrogen (secondary N) is 1. The summed E-state index contributed by atoms with van der Waals surface area (Å²) in [7, 11) is 0. The standard InChI is InChI=1S/C24H27FN6O2/c1-3-14-4-8-18(17(25)10-14)28-21-13(2)23(27-12-26-21)32-20-11-16-7-9-19(20)31(16)24-29-22(30-33-24)15-5-6-15/h4,8,10,12,15-16,19-20H,3,5-7,9,11H2,1-2H3,(H,26,27,28)/t16?,19?,20-/m0/s1. The van der Waals surface area contributed by atoms with E-state index in [0.29, 0.717) is 35.4 Å². The highest BCUT2D eigenvalue weighted by atomic mass is 19.1. The lowest BCUT2D eigenvalue weighted by molar-refractivity contribution is 0.164. The zero-order valence-corrected chi connectivity index (χ0v) is 18.8. The first-order valence-corrected chi connectivity index (χ1v) is 11.8. The summed E-state index contributed by atoms with van der Waals surface area (Å²) in [6.07, 6.45) is 7.49. The maximum Gasteiger partial charge on any atom is 0.324 e. The van der Waals surface area contributed by atoms with Crippen LogP contribution in [-0.2, 0) is 6.42 Å². The summed E-state index contributed by atoms with van der Waals surface area (Å²) >= 11 is 0. The van der Waals surface area contributed by atoms with E-state index < -0.39 is 0 Å². The predicted molar refractivity (Wildman–Crippen MR) is 120 cm³/mol. The Morgan fingerprint density at radius 2 is 2.09 bits per heavy atom. The van der Waals surface area contributed by atoms with Crippen LogP contribution in [-0.4, -0.2) is 38.3 Å². The zero-order chi connectivity index (χ0) is 22.5. The van der Waals surface area contributed by atoms with Crippen LogP contribution in [0.5, 0.6) is 5.88 Å². The Kier molecular flexibility index (Phi) is 4.92. The number of aryl methyl sites for hydroxylation is 1. The second kappa shape index (κ2) is 7.97. The van der Waals surface area contributed by atoms with Gasteiger partial charge in [-0.15, -0.1) is 0 Å². The Labute approximate surface area is 191 Å². The molecule has 2 saturated heterocycles. The van der Waals surface area contributed by atoms with Crippen molar-refractivity contribution in [2.45, 2.75) is 76.5 Å². The predicted octanol–water partition coefficient (Wildman–Crippen LogP) is 4.68. The molecule has 1 aromatic carbocycles. The first kappa shape index (κ1) is 20.4. The SMILES string of the molecule is CCc1ccc(Nc2ncnc(O[C@H]3CC4CCC3N4c3nc(C4CC4)no3)c2C)c(F)c1. The van der Waals surface area contributed by atoms with Crippen molar-refractivity contribution >= 4 is 17.5 Å². The van der Waals surface area contributed by atoms with Gasteiger partial charge in [-0.25, -0.2) is 14.4 Å². The van der Waals surface area contributed by atoms with Gasteiger partial charge in [0.25, 0.3) is 0 Å². The molecule has 9 heteroatoms. The van der Waals surface area contributed by atoms with E-state index in [1.165, 1.54) is 6.33 Å². The summed E-state index contributed by atoms with van der Waals surface area (Å²) in [4.78, 5) is 15.6. The van der Waals surface area contributed by atoms with Crippen molar-refractivity contribution in [3.05, 3.63) is 47.3 Å². The molecule has 8 nitrogen and oxygen atoms in total. The number of nitrogens with zero attached hydrogens (tertiary/aromatic N) is 5. The maximum atomic E-state index is 14.5. The van der Waals surface area contributed by atoms with Gasteiger partial charge in [0.15, 0.2) is 5.82 Å². The van der Waals surface area contributed by atoms with Gasteiger partial charge in [-0.1, -0.05) is 18.1 Å². The van der Waals surface area contributed by atoms with Crippen LogP contribution in [0.2, 0.25) is 0 Å². The quantitative estimate of drug-likeness (QED) is 0.555. The number of ether oxygens (including phenoxy) is 1. The Hall–Kier alpha value is -3.23. The van der Waals surface area contributed by atoms with Gasteiger partial charge in [0.1, 0.15) is 24.1 Å². The number of rotatable bonds is 7. The summed E-state index contributed by atoms with van der Waals surface area (Å²) in [5.41, 5.74) is 2.08. The maximum absolute atomic E-state index is 14.5. The smallest absolute Gasteiger partial charge is 0.324 e. The summed E-state index contributed by atoms with van der Waals surface area (Å²) < 4.78 is 26.5. The molecule has 2 aromatic heterocycles. The van der Waals surface area contributed by atoms with Gasteiger partial charge in [-0.05, 0) is 56.7 Å². The molecule has 33 heavy (non-hydrogen) atoms. The molecular formula is C24H27FN6O2. The highest BCUT2D eigenvalue weighted by Gasteiger charge is 2.50. The second-order valence-electron chi connectivity index (χ2n) is 9.25. The van der Waals surface area contributed by atoms with Crippen molar-refractivity contribution in [1.82, 2.24) is 20.1 Å². The number of halogens is 1. The summed E-state index contributed by atoms with van der Waals surface area (Å²) in [5, 5.41) is 7.28. The molecule has 3 aliphatic rings. The van der Waals surface area contributed by atoms with Crippen molar-refractivity contribution in [1.29, 1.82) is 0 Å². The normalized spacial score (nSPS) is 23.8. The molecule has 0 spiro atoms. The Bertz CT molecular complexity index is 1180. The number of hydrogen-bond acceptors (Lipinski definition) is 8. The molecule has 1 saturated carbocycles. The number of aromatic nitrogens is 4. The van der Waals surface area contributed by atoms with Gasteiger partial charge in [-0.2, -0.15) is 4.98 Å². The van der Waals surface area contributed by atoms with Gasteiger partial charge < -0.3 is 19.5 Å². The van der Waals surface area contributed by atoms with Crippen LogP contribution in [0.25, 0.3) is 0 Å². The van der Waals surface area contributed by atoms with Crippen LogP contribution < -0.4 is 15.0 Å². The average molecular weight is 451 g/mol. The first-order valence-electron chi connectivity index (χ1n) is 11.8. The lowest BCUT2D eigenvalue weighted by Crippen LogP contribution is -2.35. The molecule has 3 aromatic rings. The van der Waals surface area contributed by atoms with Gasteiger partial charge in [0, 0.05) is 18.4 Å². The summed E-state index contributed by atoms with van der Waals surface area (Å²) in [6, 6.07) is 6.32. The van der Waals surface area contributed by atoms with Crippen molar-refractivity contribution in [2.75, 3.05) is 10.2 Å². The molecule has 1 N–H and O–H groups in total. The van der Waals surface area contributed by atoms with Gasteiger partial charge in [0.2, 0.25) is 5.88 Å². The van der Waals surface area contributed by atoms with E-state index in [1.807, 2.05) is 19.9 Å². The van der Waals surface area contributed by atoms with Crippen LogP contribution >= 0.6 is 0 Å². The average Bonchev–Trinajstić information content (AvgIpc) is 3.27. The van der Waals surface area contributed by atoms with E-state index in [0.717, 1.165) is 55.5 Å². The Morgan fingerprint density at radius 1 is 1.21 bits per heavy atom. The minimum atomic E-state index is -0.302. The van der Waals surface area contributed by atoms with Crippen molar-refractivity contribution in [3.63, 3.8) is 0 Å². The van der Waals surface area contributed by atoms with E-state index in [-0.39, 0.29) is 18.0 Å². The molecule has 2 unspecified atom stereocenters. The van der Waals surface area contributed by atoms with Crippen molar-refractivity contribution in [3.8, 4) is 5.88 Å². The molecule has 0 radical (unpaired) electrons. The monoisotopic (exact) mass is 450 g/mol. The molecule has 6 rings (SSSR count). The first-order chi connectivity index (χ1) is 16.1. The van der Waals surface area contributed by atoms with Crippen LogP contribution in [0.4, 0.5) is 21.9 Å². The topological polar surface area (TPSA) is 89.2 Å². The van der Waals surface area contributed by atoms with Crippen molar-refractivity contribution < 1.29 is 13.7 Å². The lowest BCUT2D eigenvalue weighted by Gasteiger charge is -2.24. The molecule has 3 fully saturated rings. The lowest BCUT2D eigenvalue weighted by atomic mass is 9.98. The third-order valence-corrected chi connectivity index (χ3v) is 7.07. The summed E-state index contributed by atoms with van der Waals surface area (Å²) in [6.45, 7) is 3.89. The van der Waals surface area contributed by atoms with Crippen LogP contribution in [0.15, 0.2) is 29.0 Å². The van der Waals surface area contributed by atoms with Gasteiger partial charge in [0.05, 0.1) is 17.3 Å². The third kappa shape index (κ3) is 3.69. The fraction of sp³-hybridized carbons (Fsp3) is 0.500. The number of anilines is 3. The van der Waals surface area contributed by atoms with Crippen molar-refractivity contribution in [2.24, 2.45) is 0 Å². The van der Waals surface area contributed by atoms with Gasteiger partial charge in [-0.3, -0.25) is 0 Å². The number of hydrogen-bond donors (Lipinski definition) is 1. The second-order valence-corrected chi connectivity index (χ2v) is 9.25. The van der Waals surface area contributed by atoms with E-state index in [9.17, 15) is 4.39 Å². The number of benzene rings is 1. The van der Waals surface area contributed by atoms with Gasteiger partial charge >= 0.3 is 6.01 Å². The Balaban J connectivity index is 1.19. The number of fused-ring (bicyclic) bond motifs is 2. The van der Waals surface area contributed by atoms with Crippen LogP contribution in [0.1, 0.15) is 61.9 Å². The third-order valence-electron chi connectivity index (χ3n) is 7.07.